The first kappa shape index (κ1) is 38.9. The summed E-state index contributed by atoms with van der Waals surface area (Å²) in [7, 11) is 0. The first-order chi connectivity index (χ1) is 19.7. The van der Waals surface area contributed by atoms with Gasteiger partial charge in [-0.3, -0.25) is 4.79 Å². The highest BCUT2D eigenvalue weighted by atomic mass is 16.3. The molecule has 0 spiro atoms. The number of hydrogen-bond acceptors (Lipinski definition) is 3. The van der Waals surface area contributed by atoms with Gasteiger partial charge < -0.3 is 15.5 Å². The maximum Gasteiger partial charge on any atom is 0.220 e. The van der Waals surface area contributed by atoms with Gasteiger partial charge in [0.05, 0.1) is 18.8 Å². The lowest BCUT2D eigenvalue weighted by Gasteiger charge is -2.19. The standard InChI is InChI=1S/C36H69NO3/c1-3-5-7-9-11-13-15-17-18-19-20-21-23-25-27-29-31-35(39)34(33-38)37-36(40)32-30-28-26-24-22-16-14-12-10-8-6-4-2/h21,23,29,31,34-35,38-39H,3-20,22,24-28,30,32-33H2,1-2H3,(H,37,40)/b23-21+,31-29+. The van der Waals surface area contributed by atoms with Gasteiger partial charge in [-0.25, -0.2) is 0 Å². The van der Waals surface area contributed by atoms with Crippen molar-refractivity contribution in [3.8, 4) is 0 Å². The summed E-state index contributed by atoms with van der Waals surface area (Å²) in [4.78, 5) is 12.3. The fraction of sp³-hybridized carbons (Fsp3) is 0.861. The van der Waals surface area contributed by atoms with Crippen LogP contribution in [0.3, 0.4) is 0 Å². The number of unbranched alkanes of at least 4 members (excludes halogenated alkanes) is 22. The summed E-state index contributed by atoms with van der Waals surface area (Å²) < 4.78 is 0. The molecule has 0 rings (SSSR count). The Labute approximate surface area is 249 Å². The fourth-order valence-electron chi connectivity index (χ4n) is 5.19. The quantitative estimate of drug-likeness (QED) is 0.0580. The molecule has 0 heterocycles. The molecule has 2 atom stereocenters. The summed E-state index contributed by atoms with van der Waals surface area (Å²) in [5, 5.41) is 22.8. The largest absolute Gasteiger partial charge is 0.394 e. The molecule has 0 fully saturated rings. The third-order valence-electron chi connectivity index (χ3n) is 7.94. The average Bonchev–Trinajstić information content (AvgIpc) is 2.96. The van der Waals surface area contributed by atoms with Gasteiger partial charge in [-0.1, -0.05) is 167 Å². The minimum absolute atomic E-state index is 0.0755. The van der Waals surface area contributed by atoms with Crippen molar-refractivity contribution in [3.05, 3.63) is 24.3 Å². The molecule has 0 aliphatic rings. The second-order valence-electron chi connectivity index (χ2n) is 11.9. The third-order valence-corrected chi connectivity index (χ3v) is 7.94. The van der Waals surface area contributed by atoms with Gasteiger partial charge in [0.1, 0.15) is 0 Å². The minimum Gasteiger partial charge on any atom is -0.394 e. The van der Waals surface area contributed by atoms with Crippen LogP contribution in [0.15, 0.2) is 24.3 Å². The molecule has 1 amide bonds. The number of allylic oxidation sites excluding steroid dienone is 3. The van der Waals surface area contributed by atoms with Crippen LogP contribution in [-0.4, -0.2) is 34.9 Å². The summed E-state index contributed by atoms with van der Waals surface area (Å²) in [5.74, 6) is -0.0755. The zero-order chi connectivity index (χ0) is 29.4. The molecule has 0 aromatic heterocycles. The van der Waals surface area contributed by atoms with Gasteiger partial charge in [-0.2, -0.15) is 0 Å². The second kappa shape index (κ2) is 32.4. The Balaban J connectivity index is 3.68. The van der Waals surface area contributed by atoms with Crippen LogP contribution in [0.25, 0.3) is 0 Å². The van der Waals surface area contributed by atoms with Crippen LogP contribution in [0.2, 0.25) is 0 Å². The molecule has 3 N–H and O–H groups in total. The predicted molar refractivity (Wildman–Crippen MR) is 175 cm³/mol. The number of hydrogen-bond donors (Lipinski definition) is 3. The smallest absolute Gasteiger partial charge is 0.220 e. The van der Waals surface area contributed by atoms with E-state index in [4.69, 9.17) is 0 Å². The zero-order valence-corrected chi connectivity index (χ0v) is 26.9. The first-order valence-electron chi connectivity index (χ1n) is 17.6. The van der Waals surface area contributed by atoms with Crippen LogP contribution >= 0.6 is 0 Å². The summed E-state index contributed by atoms with van der Waals surface area (Å²) >= 11 is 0. The van der Waals surface area contributed by atoms with E-state index >= 15 is 0 Å². The van der Waals surface area contributed by atoms with Crippen LogP contribution in [-0.2, 0) is 4.79 Å². The number of aliphatic hydroxyl groups excluding tert-OH is 2. The Hall–Kier alpha value is -1.13. The van der Waals surface area contributed by atoms with Crippen LogP contribution in [0, 0.1) is 0 Å². The molecule has 0 radical (unpaired) electrons. The van der Waals surface area contributed by atoms with Crippen LogP contribution in [0.1, 0.15) is 181 Å². The van der Waals surface area contributed by atoms with E-state index in [0.717, 1.165) is 32.1 Å². The number of amides is 1. The molecule has 0 saturated carbocycles. The molecule has 0 bridgehead atoms. The topological polar surface area (TPSA) is 69.6 Å². The number of carbonyl (C=O) groups excluding carboxylic acids is 1. The van der Waals surface area contributed by atoms with E-state index in [1.807, 2.05) is 6.08 Å². The van der Waals surface area contributed by atoms with Crippen molar-refractivity contribution in [1.82, 2.24) is 5.32 Å². The highest BCUT2D eigenvalue weighted by Gasteiger charge is 2.17. The maximum absolute atomic E-state index is 12.3. The van der Waals surface area contributed by atoms with E-state index in [1.165, 1.54) is 128 Å². The van der Waals surface area contributed by atoms with Crippen molar-refractivity contribution in [2.24, 2.45) is 0 Å². The molecule has 40 heavy (non-hydrogen) atoms. The van der Waals surface area contributed by atoms with Crippen molar-refractivity contribution < 1.29 is 15.0 Å². The van der Waals surface area contributed by atoms with E-state index in [9.17, 15) is 15.0 Å². The Kier molecular flexibility index (Phi) is 31.5. The Morgan fingerprint density at radius 2 is 0.975 bits per heavy atom. The minimum atomic E-state index is -0.855. The summed E-state index contributed by atoms with van der Waals surface area (Å²) in [5.41, 5.74) is 0. The van der Waals surface area contributed by atoms with Gasteiger partial charge in [0, 0.05) is 6.42 Å². The second-order valence-corrected chi connectivity index (χ2v) is 11.9. The summed E-state index contributed by atoms with van der Waals surface area (Å²) in [6.07, 6.45) is 39.7. The van der Waals surface area contributed by atoms with Gasteiger partial charge >= 0.3 is 0 Å². The number of rotatable bonds is 31. The molecule has 0 saturated heterocycles. The third kappa shape index (κ3) is 28.4. The van der Waals surface area contributed by atoms with Crippen LogP contribution < -0.4 is 5.32 Å². The molecular weight excluding hydrogens is 494 g/mol. The van der Waals surface area contributed by atoms with E-state index in [2.05, 4.69) is 31.3 Å². The molecule has 0 aliphatic carbocycles. The van der Waals surface area contributed by atoms with Crippen molar-refractivity contribution in [1.29, 1.82) is 0 Å². The van der Waals surface area contributed by atoms with Crippen LogP contribution in [0.4, 0.5) is 0 Å². The molecule has 236 valence electrons. The van der Waals surface area contributed by atoms with Gasteiger partial charge in [0.2, 0.25) is 5.91 Å². The van der Waals surface area contributed by atoms with E-state index in [0.29, 0.717) is 6.42 Å². The monoisotopic (exact) mass is 564 g/mol. The maximum atomic E-state index is 12.3. The van der Waals surface area contributed by atoms with Crippen molar-refractivity contribution in [3.63, 3.8) is 0 Å². The molecule has 0 aliphatic heterocycles. The SMILES string of the molecule is CCCCCCCCCCCC/C=C/CC/C=C/C(O)C(CO)NC(=O)CCCCCCCCCCCCCC. The lowest BCUT2D eigenvalue weighted by Crippen LogP contribution is -2.45. The zero-order valence-electron chi connectivity index (χ0n) is 26.9. The van der Waals surface area contributed by atoms with Crippen LogP contribution in [0.5, 0.6) is 0 Å². The summed E-state index contributed by atoms with van der Waals surface area (Å²) in [6, 6.07) is -0.632. The van der Waals surface area contributed by atoms with Crippen molar-refractivity contribution >= 4 is 5.91 Å². The highest BCUT2D eigenvalue weighted by Crippen LogP contribution is 2.13. The number of nitrogens with one attached hydrogen (secondary N) is 1. The van der Waals surface area contributed by atoms with Crippen molar-refractivity contribution in [2.75, 3.05) is 6.61 Å². The highest BCUT2D eigenvalue weighted by molar-refractivity contribution is 5.76. The van der Waals surface area contributed by atoms with Gasteiger partial charge in [0.25, 0.3) is 0 Å². The normalized spacial score (nSPS) is 13.4. The van der Waals surface area contributed by atoms with E-state index < -0.39 is 12.1 Å². The van der Waals surface area contributed by atoms with Gasteiger partial charge in [0.15, 0.2) is 0 Å². The summed E-state index contributed by atoms with van der Waals surface area (Å²) in [6.45, 7) is 4.28. The Morgan fingerprint density at radius 3 is 1.45 bits per heavy atom. The molecular formula is C36H69NO3. The van der Waals surface area contributed by atoms with E-state index in [1.54, 1.807) is 6.08 Å². The Morgan fingerprint density at radius 1 is 0.575 bits per heavy atom. The average molecular weight is 564 g/mol. The predicted octanol–water partition coefficient (Wildman–Crippen LogP) is 10.1. The number of carbonyl (C=O) groups is 1. The molecule has 2 unspecified atom stereocenters. The fourth-order valence-corrected chi connectivity index (χ4v) is 5.19. The molecule has 4 nitrogen and oxygen atoms in total. The lowest BCUT2D eigenvalue weighted by molar-refractivity contribution is -0.123. The molecule has 4 heteroatoms. The molecule has 0 aromatic rings. The van der Waals surface area contributed by atoms with E-state index in [-0.39, 0.29) is 12.5 Å². The Bertz CT molecular complexity index is 574. The van der Waals surface area contributed by atoms with Crippen molar-refractivity contribution in [2.45, 2.75) is 193 Å². The lowest BCUT2D eigenvalue weighted by atomic mass is 10.0. The first-order valence-corrected chi connectivity index (χ1v) is 17.6. The van der Waals surface area contributed by atoms with Gasteiger partial charge in [-0.05, 0) is 32.1 Å². The number of aliphatic hydroxyl groups is 2. The molecule has 0 aromatic carbocycles. The van der Waals surface area contributed by atoms with Gasteiger partial charge in [-0.15, -0.1) is 0 Å².